The van der Waals surface area contributed by atoms with E-state index in [0.717, 1.165) is 5.56 Å². The van der Waals surface area contributed by atoms with E-state index in [2.05, 4.69) is 0 Å². The summed E-state index contributed by atoms with van der Waals surface area (Å²) in [5, 5.41) is 18.9. The van der Waals surface area contributed by atoms with Crippen LogP contribution in [0.2, 0.25) is 0 Å². The average molecular weight is 224 g/mol. The zero-order valence-corrected chi connectivity index (χ0v) is 10.3. The lowest BCUT2D eigenvalue weighted by atomic mass is 9.89. The normalized spacial score (nSPS) is 12.6. The number of ether oxygens (including phenoxy) is 1. The number of hydrogen-bond acceptors (Lipinski definition) is 3. The Hall–Kier alpha value is -1.06. The van der Waals surface area contributed by atoms with Crippen molar-refractivity contribution in [2.75, 3.05) is 0 Å². The quantitative estimate of drug-likeness (QED) is 0.823. The van der Waals surface area contributed by atoms with Crippen LogP contribution in [0.1, 0.15) is 33.3 Å². The molecule has 0 aliphatic heterocycles. The maximum atomic E-state index is 9.94. The second-order valence-corrected chi connectivity index (χ2v) is 4.97. The second kappa shape index (κ2) is 4.44. The molecule has 16 heavy (non-hydrogen) atoms. The molecular formula is C13H20O3. The standard InChI is InChI=1S/C13H20O3/c1-12(2,15)13(3,4)16-11-7-5-10(9-14)6-8-11/h5-8,14-15H,9H2,1-4H3. The molecule has 2 N–H and O–H groups in total. The fraction of sp³-hybridized carbons (Fsp3) is 0.538. The molecule has 0 amide bonds. The van der Waals surface area contributed by atoms with Gasteiger partial charge in [-0.25, -0.2) is 0 Å². The summed E-state index contributed by atoms with van der Waals surface area (Å²) in [4.78, 5) is 0. The van der Waals surface area contributed by atoms with Crippen molar-refractivity contribution in [1.29, 1.82) is 0 Å². The molecular weight excluding hydrogens is 204 g/mol. The largest absolute Gasteiger partial charge is 0.485 e. The van der Waals surface area contributed by atoms with E-state index >= 15 is 0 Å². The van der Waals surface area contributed by atoms with Gasteiger partial charge in [0.25, 0.3) is 0 Å². The fourth-order valence-electron chi connectivity index (χ4n) is 1.08. The maximum Gasteiger partial charge on any atom is 0.131 e. The molecule has 0 unspecified atom stereocenters. The van der Waals surface area contributed by atoms with Gasteiger partial charge in [0.15, 0.2) is 0 Å². The molecule has 0 aliphatic carbocycles. The van der Waals surface area contributed by atoms with Crippen LogP contribution >= 0.6 is 0 Å². The van der Waals surface area contributed by atoms with Crippen LogP contribution in [0.15, 0.2) is 24.3 Å². The van der Waals surface area contributed by atoms with Gasteiger partial charge in [0.05, 0.1) is 12.2 Å². The first-order valence-electron chi connectivity index (χ1n) is 5.37. The number of aliphatic hydroxyl groups is 2. The lowest BCUT2D eigenvalue weighted by Gasteiger charge is -2.37. The minimum atomic E-state index is -0.928. The molecule has 0 atom stereocenters. The summed E-state index contributed by atoms with van der Waals surface area (Å²) < 4.78 is 5.73. The molecule has 0 heterocycles. The molecule has 0 spiro atoms. The molecule has 3 heteroatoms. The molecule has 0 fully saturated rings. The van der Waals surface area contributed by atoms with E-state index in [9.17, 15) is 5.11 Å². The Balaban J connectivity index is 2.80. The van der Waals surface area contributed by atoms with Crippen molar-refractivity contribution in [2.24, 2.45) is 0 Å². The molecule has 1 rings (SSSR count). The first-order chi connectivity index (χ1) is 7.26. The summed E-state index contributed by atoms with van der Waals surface area (Å²) in [6, 6.07) is 7.18. The van der Waals surface area contributed by atoms with E-state index in [0.29, 0.717) is 5.75 Å². The van der Waals surface area contributed by atoms with Gasteiger partial charge in [-0.3, -0.25) is 0 Å². The van der Waals surface area contributed by atoms with Crippen LogP contribution in [0.3, 0.4) is 0 Å². The van der Waals surface area contributed by atoms with Crippen LogP contribution in [-0.4, -0.2) is 21.4 Å². The van der Waals surface area contributed by atoms with E-state index < -0.39 is 11.2 Å². The summed E-state index contributed by atoms with van der Waals surface area (Å²) in [6.45, 7) is 7.14. The highest BCUT2D eigenvalue weighted by Gasteiger charge is 2.37. The van der Waals surface area contributed by atoms with Crippen LogP contribution in [0.4, 0.5) is 0 Å². The molecule has 1 aromatic carbocycles. The van der Waals surface area contributed by atoms with Gasteiger partial charge in [-0.2, -0.15) is 0 Å². The molecule has 0 saturated heterocycles. The van der Waals surface area contributed by atoms with Gasteiger partial charge in [-0.05, 0) is 45.4 Å². The monoisotopic (exact) mass is 224 g/mol. The lowest BCUT2D eigenvalue weighted by molar-refractivity contribution is -0.0906. The molecule has 1 aromatic rings. The predicted octanol–water partition coefficient (Wildman–Crippen LogP) is 2.11. The highest BCUT2D eigenvalue weighted by molar-refractivity contribution is 5.27. The van der Waals surface area contributed by atoms with E-state index in [1.54, 1.807) is 38.1 Å². The molecule has 0 saturated carbocycles. The van der Waals surface area contributed by atoms with E-state index in [4.69, 9.17) is 9.84 Å². The summed E-state index contributed by atoms with van der Waals surface area (Å²) >= 11 is 0. The number of benzene rings is 1. The molecule has 3 nitrogen and oxygen atoms in total. The van der Waals surface area contributed by atoms with Crippen molar-refractivity contribution in [1.82, 2.24) is 0 Å². The van der Waals surface area contributed by atoms with Gasteiger partial charge in [0.2, 0.25) is 0 Å². The maximum absolute atomic E-state index is 9.94. The van der Waals surface area contributed by atoms with Crippen molar-refractivity contribution >= 4 is 0 Å². The third kappa shape index (κ3) is 2.97. The summed E-state index contributed by atoms with van der Waals surface area (Å²) in [7, 11) is 0. The number of hydrogen-bond donors (Lipinski definition) is 2. The zero-order valence-electron chi connectivity index (χ0n) is 10.3. The van der Waals surface area contributed by atoms with E-state index in [1.165, 1.54) is 0 Å². The van der Waals surface area contributed by atoms with Crippen LogP contribution in [0.5, 0.6) is 5.75 Å². The minimum Gasteiger partial charge on any atom is -0.485 e. The Bertz CT molecular complexity index is 333. The molecule has 0 radical (unpaired) electrons. The lowest BCUT2D eigenvalue weighted by Crippen LogP contribution is -2.49. The van der Waals surface area contributed by atoms with Gasteiger partial charge in [0.1, 0.15) is 11.4 Å². The Morgan fingerprint density at radius 3 is 1.94 bits per heavy atom. The Morgan fingerprint density at radius 1 is 1.06 bits per heavy atom. The van der Waals surface area contributed by atoms with Crippen molar-refractivity contribution in [3.05, 3.63) is 29.8 Å². The SMILES string of the molecule is CC(C)(O)C(C)(C)Oc1ccc(CO)cc1. The van der Waals surface area contributed by atoms with Crippen LogP contribution in [-0.2, 0) is 6.61 Å². The fourth-order valence-corrected chi connectivity index (χ4v) is 1.08. The Morgan fingerprint density at radius 2 is 1.56 bits per heavy atom. The summed E-state index contributed by atoms with van der Waals surface area (Å²) in [5.74, 6) is 0.685. The van der Waals surface area contributed by atoms with Crippen LogP contribution in [0, 0.1) is 0 Å². The highest BCUT2D eigenvalue weighted by Crippen LogP contribution is 2.27. The van der Waals surface area contributed by atoms with Crippen molar-refractivity contribution in [2.45, 2.75) is 45.5 Å². The Kier molecular flexibility index (Phi) is 3.61. The van der Waals surface area contributed by atoms with Crippen molar-refractivity contribution in [3.8, 4) is 5.75 Å². The smallest absolute Gasteiger partial charge is 0.131 e. The van der Waals surface area contributed by atoms with Gasteiger partial charge in [-0.15, -0.1) is 0 Å². The second-order valence-electron chi connectivity index (χ2n) is 4.97. The zero-order chi connectivity index (χ0) is 12.4. The van der Waals surface area contributed by atoms with Crippen LogP contribution in [0.25, 0.3) is 0 Å². The van der Waals surface area contributed by atoms with Gasteiger partial charge in [-0.1, -0.05) is 12.1 Å². The number of aliphatic hydroxyl groups excluding tert-OH is 1. The average Bonchev–Trinajstić information content (AvgIpc) is 2.16. The molecule has 0 aliphatic rings. The van der Waals surface area contributed by atoms with Gasteiger partial charge in [0, 0.05) is 0 Å². The minimum absolute atomic E-state index is 0.0230. The van der Waals surface area contributed by atoms with Crippen LogP contribution < -0.4 is 4.74 Å². The van der Waals surface area contributed by atoms with Crippen molar-refractivity contribution < 1.29 is 14.9 Å². The van der Waals surface area contributed by atoms with Gasteiger partial charge >= 0.3 is 0 Å². The summed E-state index contributed by atoms with van der Waals surface area (Å²) in [5.41, 5.74) is -0.760. The number of rotatable bonds is 4. The Labute approximate surface area is 96.7 Å². The van der Waals surface area contributed by atoms with Crippen molar-refractivity contribution in [3.63, 3.8) is 0 Å². The molecule has 0 bridgehead atoms. The van der Waals surface area contributed by atoms with E-state index in [1.807, 2.05) is 13.8 Å². The molecule has 0 aromatic heterocycles. The van der Waals surface area contributed by atoms with Gasteiger partial charge < -0.3 is 14.9 Å². The highest BCUT2D eigenvalue weighted by atomic mass is 16.5. The first kappa shape index (κ1) is 13.0. The topological polar surface area (TPSA) is 49.7 Å². The van der Waals surface area contributed by atoms with E-state index in [-0.39, 0.29) is 6.61 Å². The summed E-state index contributed by atoms with van der Waals surface area (Å²) in [6.07, 6.45) is 0. The molecule has 90 valence electrons. The predicted molar refractivity (Wildman–Crippen MR) is 63.4 cm³/mol. The third-order valence-electron chi connectivity index (χ3n) is 2.95. The third-order valence-corrected chi connectivity index (χ3v) is 2.95. The first-order valence-corrected chi connectivity index (χ1v) is 5.37.